The Hall–Kier alpha value is -0.850. The average Bonchev–Trinajstić information content (AvgIpc) is 2.72. The zero-order valence-electron chi connectivity index (χ0n) is 12.6. The van der Waals surface area contributed by atoms with E-state index in [1.54, 1.807) is 12.3 Å². The number of hydrogen-bond donors (Lipinski definition) is 2. The van der Waals surface area contributed by atoms with Crippen LogP contribution in [0.15, 0.2) is 17.2 Å². The van der Waals surface area contributed by atoms with Crippen LogP contribution in [0.4, 0.5) is 0 Å². The van der Waals surface area contributed by atoms with E-state index in [1.165, 1.54) is 6.42 Å². The smallest absolute Gasteiger partial charge is 0.242 e. The van der Waals surface area contributed by atoms with Gasteiger partial charge in [-0.2, -0.15) is 0 Å². The summed E-state index contributed by atoms with van der Waals surface area (Å²) < 4.78 is 29.4. The van der Waals surface area contributed by atoms with Crippen LogP contribution in [-0.2, 0) is 23.6 Å². The second-order valence-corrected chi connectivity index (χ2v) is 7.61. The van der Waals surface area contributed by atoms with E-state index < -0.39 is 10.0 Å². The van der Waals surface area contributed by atoms with Gasteiger partial charge in [0.05, 0.1) is 4.90 Å². The molecule has 0 saturated heterocycles. The van der Waals surface area contributed by atoms with Crippen LogP contribution < -0.4 is 10.0 Å². The molecule has 1 heterocycles. The molecular formula is C14H25N3O2S. The summed E-state index contributed by atoms with van der Waals surface area (Å²) in [6, 6.07) is 1.73. The van der Waals surface area contributed by atoms with Gasteiger partial charge in [0.25, 0.3) is 0 Å². The molecule has 0 spiro atoms. The first kappa shape index (κ1) is 15.5. The maximum absolute atomic E-state index is 12.4. The van der Waals surface area contributed by atoms with Crippen LogP contribution in [0.5, 0.6) is 0 Å². The zero-order chi connectivity index (χ0) is 14.8. The van der Waals surface area contributed by atoms with Crippen molar-refractivity contribution in [3.05, 3.63) is 18.0 Å². The first-order valence-corrected chi connectivity index (χ1v) is 8.70. The van der Waals surface area contributed by atoms with Crippen LogP contribution in [0.25, 0.3) is 0 Å². The summed E-state index contributed by atoms with van der Waals surface area (Å²) in [4.78, 5) is 0.357. The molecule has 114 valence electrons. The predicted molar refractivity (Wildman–Crippen MR) is 79.9 cm³/mol. The summed E-state index contributed by atoms with van der Waals surface area (Å²) in [5.74, 6) is 0. The van der Waals surface area contributed by atoms with Crippen molar-refractivity contribution in [3.63, 3.8) is 0 Å². The highest BCUT2D eigenvalue weighted by atomic mass is 32.2. The highest BCUT2D eigenvalue weighted by Gasteiger charge is 2.36. The van der Waals surface area contributed by atoms with Crippen LogP contribution in [0.3, 0.4) is 0 Å². The van der Waals surface area contributed by atoms with Crippen molar-refractivity contribution < 1.29 is 8.42 Å². The Balaban J connectivity index is 2.08. The van der Waals surface area contributed by atoms with Crippen molar-refractivity contribution in [2.75, 3.05) is 13.6 Å². The molecule has 0 atom stereocenters. The molecule has 0 radical (unpaired) electrons. The molecule has 1 saturated carbocycles. The number of sulfonamides is 1. The summed E-state index contributed by atoms with van der Waals surface area (Å²) in [6.07, 6.45) is 6.19. The summed E-state index contributed by atoms with van der Waals surface area (Å²) in [7, 11) is 0.316. The molecule has 0 amide bonds. The van der Waals surface area contributed by atoms with Gasteiger partial charge in [-0.15, -0.1) is 0 Å². The lowest BCUT2D eigenvalue weighted by molar-refractivity contribution is 0.133. The molecule has 20 heavy (non-hydrogen) atoms. The van der Waals surface area contributed by atoms with Crippen molar-refractivity contribution in [1.82, 2.24) is 14.6 Å². The standard InChI is InChI=1S/C14H25N3O2S/c1-4-14(6-5-7-14)11-16-20(18,19)13-8-12(9-15-2)17(3)10-13/h8,10,15-16H,4-7,9,11H2,1-3H3. The molecule has 1 fully saturated rings. The molecule has 0 aliphatic heterocycles. The van der Waals surface area contributed by atoms with Crippen molar-refractivity contribution >= 4 is 10.0 Å². The molecule has 0 unspecified atom stereocenters. The Kier molecular flexibility index (Phi) is 4.56. The molecular weight excluding hydrogens is 274 g/mol. The number of rotatable bonds is 7. The second-order valence-electron chi connectivity index (χ2n) is 5.84. The van der Waals surface area contributed by atoms with Gasteiger partial charge >= 0.3 is 0 Å². The van der Waals surface area contributed by atoms with Gasteiger partial charge in [-0.25, -0.2) is 13.1 Å². The maximum Gasteiger partial charge on any atom is 0.242 e. The predicted octanol–water partition coefficient (Wildman–Crippen LogP) is 1.60. The summed E-state index contributed by atoms with van der Waals surface area (Å²) in [5.41, 5.74) is 1.15. The van der Waals surface area contributed by atoms with Crippen molar-refractivity contribution in [2.24, 2.45) is 12.5 Å². The fraction of sp³-hybridized carbons (Fsp3) is 0.714. The van der Waals surface area contributed by atoms with Gasteiger partial charge < -0.3 is 9.88 Å². The zero-order valence-corrected chi connectivity index (χ0v) is 13.4. The largest absolute Gasteiger partial charge is 0.352 e. The molecule has 1 aromatic heterocycles. The van der Waals surface area contributed by atoms with E-state index in [0.29, 0.717) is 18.0 Å². The Morgan fingerprint density at radius 1 is 1.40 bits per heavy atom. The Labute approximate surface area is 121 Å². The Morgan fingerprint density at radius 2 is 2.10 bits per heavy atom. The van der Waals surface area contributed by atoms with Crippen LogP contribution in [0, 0.1) is 5.41 Å². The molecule has 1 aliphatic carbocycles. The third kappa shape index (κ3) is 3.07. The van der Waals surface area contributed by atoms with E-state index in [-0.39, 0.29) is 5.41 Å². The van der Waals surface area contributed by atoms with Crippen LogP contribution in [0.2, 0.25) is 0 Å². The first-order chi connectivity index (χ1) is 9.42. The van der Waals surface area contributed by atoms with Gasteiger partial charge in [0.15, 0.2) is 0 Å². The van der Waals surface area contributed by atoms with Crippen molar-refractivity contribution in [3.8, 4) is 0 Å². The number of nitrogens with one attached hydrogen (secondary N) is 2. The van der Waals surface area contributed by atoms with Gasteiger partial charge in [0, 0.05) is 32.0 Å². The lowest BCUT2D eigenvalue weighted by Gasteiger charge is -2.41. The first-order valence-electron chi connectivity index (χ1n) is 7.22. The molecule has 1 aliphatic rings. The van der Waals surface area contributed by atoms with E-state index in [0.717, 1.165) is 25.0 Å². The van der Waals surface area contributed by atoms with Crippen molar-refractivity contribution in [2.45, 2.75) is 44.0 Å². The van der Waals surface area contributed by atoms with Crippen LogP contribution >= 0.6 is 0 Å². The van der Waals surface area contributed by atoms with Crippen LogP contribution in [0.1, 0.15) is 38.3 Å². The third-order valence-electron chi connectivity index (χ3n) is 4.55. The Morgan fingerprint density at radius 3 is 2.60 bits per heavy atom. The third-order valence-corrected chi connectivity index (χ3v) is 5.92. The van der Waals surface area contributed by atoms with Crippen molar-refractivity contribution in [1.29, 1.82) is 0 Å². The highest BCUT2D eigenvalue weighted by molar-refractivity contribution is 7.89. The lowest BCUT2D eigenvalue weighted by Crippen LogP contribution is -2.41. The lowest BCUT2D eigenvalue weighted by atomic mass is 9.67. The summed E-state index contributed by atoms with van der Waals surface area (Å²) >= 11 is 0. The molecule has 2 N–H and O–H groups in total. The van der Waals surface area contributed by atoms with E-state index in [1.807, 2.05) is 18.7 Å². The number of aryl methyl sites for hydroxylation is 1. The fourth-order valence-corrected chi connectivity index (χ4v) is 4.00. The second kappa shape index (κ2) is 5.87. The van der Waals surface area contributed by atoms with E-state index >= 15 is 0 Å². The SMILES string of the molecule is CCC1(CNS(=O)(=O)c2cc(CNC)n(C)c2)CCC1. The minimum atomic E-state index is -3.40. The van der Waals surface area contributed by atoms with Gasteiger partial charge in [0.2, 0.25) is 10.0 Å². The fourth-order valence-electron chi connectivity index (χ4n) is 2.74. The molecule has 0 bridgehead atoms. The molecule has 1 aromatic rings. The van der Waals surface area contributed by atoms with Gasteiger partial charge in [-0.1, -0.05) is 13.3 Å². The molecule has 5 nitrogen and oxygen atoms in total. The van der Waals surface area contributed by atoms with Gasteiger partial charge in [-0.05, 0) is 37.8 Å². The van der Waals surface area contributed by atoms with Gasteiger partial charge in [0.1, 0.15) is 0 Å². The minimum absolute atomic E-state index is 0.190. The van der Waals surface area contributed by atoms with E-state index in [9.17, 15) is 8.42 Å². The quantitative estimate of drug-likeness (QED) is 0.804. The summed E-state index contributed by atoms with van der Waals surface area (Å²) in [6.45, 7) is 3.36. The monoisotopic (exact) mass is 299 g/mol. The highest BCUT2D eigenvalue weighted by Crippen LogP contribution is 2.43. The minimum Gasteiger partial charge on any atom is -0.352 e. The van der Waals surface area contributed by atoms with E-state index in [4.69, 9.17) is 0 Å². The number of hydrogen-bond acceptors (Lipinski definition) is 3. The van der Waals surface area contributed by atoms with E-state index in [2.05, 4.69) is 17.0 Å². The van der Waals surface area contributed by atoms with Crippen LogP contribution in [-0.4, -0.2) is 26.6 Å². The number of nitrogens with zero attached hydrogens (tertiary/aromatic N) is 1. The Bertz CT molecular complexity index is 553. The topological polar surface area (TPSA) is 63.1 Å². The van der Waals surface area contributed by atoms with Gasteiger partial charge in [-0.3, -0.25) is 0 Å². The molecule has 0 aromatic carbocycles. The average molecular weight is 299 g/mol. The number of aromatic nitrogens is 1. The molecule has 6 heteroatoms. The normalized spacial score (nSPS) is 17.9. The maximum atomic E-state index is 12.4. The molecule has 2 rings (SSSR count). The summed E-state index contributed by atoms with van der Waals surface area (Å²) in [5, 5.41) is 3.04.